The fourth-order valence-electron chi connectivity index (χ4n) is 0.919. The molecule has 0 radical (unpaired) electrons. The van der Waals surface area contributed by atoms with Crippen molar-refractivity contribution >= 4 is 11.9 Å². The van der Waals surface area contributed by atoms with E-state index in [0.717, 1.165) is 0 Å². The minimum Gasteiger partial charge on any atom is -0.481 e. The second-order valence-electron chi connectivity index (χ2n) is 3.54. The van der Waals surface area contributed by atoms with Crippen molar-refractivity contribution in [1.29, 1.82) is 0 Å². The number of aliphatic hydroxyl groups is 3. The molecule has 0 fully saturated rings. The molecule has 0 aliphatic heterocycles. The van der Waals surface area contributed by atoms with Gasteiger partial charge in [-0.05, 0) is 6.92 Å². The number of carbonyl (C=O) groups excluding carboxylic acids is 1. The Morgan fingerprint density at radius 2 is 1.88 bits per heavy atom. The van der Waals surface area contributed by atoms with Crippen LogP contribution in [-0.4, -0.2) is 57.3 Å². The smallest absolute Gasteiger partial charge is 0.307 e. The number of carbonyl (C=O) groups is 2. The van der Waals surface area contributed by atoms with E-state index in [1.165, 1.54) is 6.92 Å². The third-order valence-electron chi connectivity index (χ3n) is 2.08. The van der Waals surface area contributed by atoms with Gasteiger partial charge in [-0.2, -0.15) is 0 Å². The summed E-state index contributed by atoms with van der Waals surface area (Å²) in [5, 5.41) is 35.3. The van der Waals surface area contributed by atoms with E-state index in [2.05, 4.69) is 0 Å². The fourth-order valence-corrected chi connectivity index (χ4v) is 0.919. The van der Waals surface area contributed by atoms with Crippen molar-refractivity contribution in [2.24, 2.45) is 0 Å². The van der Waals surface area contributed by atoms with Crippen LogP contribution in [0.2, 0.25) is 0 Å². The van der Waals surface area contributed by atoms with E-state index in [0.29, 0.717) is 0 Å². The zero-order valence-electron chi connectivity index (χ0n) is 8.92. The molecule has 0 aliphatic rings. The Hall–Kier alpha value is -1.18. The molecule has 7 nitrogen and oxygen atoms in total. The lowest BCUT2D eigenvalue weighted by atomic mass is 10.0. The Labute approximate surface area is 92.3 Å². The van der Waals surface area contributed by atoms with Gasteiger partial charge in [0, 0.05) is 0 Å². The quantitative estimate of drug-likeness (QED) is 0.396. The van der Waals surface area contributed by atoms with E-state index in [-0.39, 0.29) is 6.42 Å². The van der Waals surface area contributed by atoms with Crippen molar-refractivity contribution in [2.45, 2.75) is 31.5 Å². The highest BCUT2D eigenvalue weighted by molar-refractivity contribution is 5.76. The number of aliphatic carboxylic acids is 1. The van der Waals surface area contributed by atoms with Crippen LogP contribution in [0, 0.1) is 0 Å². The first-order valence-corrected chi connectivity index (χ1v) is 4.69. The van der Waals surface area contributed by atoms with E-state index in [4.69, 9.17) is 20.1 Å². The molecule has 0 saturated carbocycles. The first-order chi connectivity index (χ1) is 7.35. The normalized spacial score (nSPS) is 16.2. The van der Waals surface area contributed by atoms with Gasteiger partial charge in [-0.1, -0.05) is 0 Å². The van der Waals surface area contributed by atoms with Gasteiger partial charge in [0.1, 0.15) is 6.10 Å². The SMILES string of the molecule is C[C@](CO)(OC(=O)CCC(=O)O)[C@@H](O)CO. The summed E-state index contributed by atoms with van der Waals surface area (Å²) in [5.74, 6) is -2.00. The first kappa shape index (κ1) is 14.8. The van der Waals surface area contributed by atoms with Crippen LogP contribution in [-0.2, 0) is 14.3 Å². The molecular weight excluding hydrogens is 220 g/mol. The molecule has 0 aromatic rings. The molecule has 0 heterocycles. The Kier molecular flexibility index (Phi) is 5.94. The molecule has 0 rings (SSSR count). The minimum absolute atomic E-state index is 0.358. The lowest BCUT2D eigenvalue weighted by Crippen LogP contribution is -2.48. The van der Waals surface area contributed by atoms with Crippen molar-refractivity contribution in [3.8, 4) is 0 Å². The summed E-state index contributed by atoms with van der Waals surface area (Å²) < 4.78 is 4.73. The van der Waals surface area contributed by atoms with Crippen LogP contribution in [0.3, 0.4) is 0 Å². The molecule has 0 aromatic carbocycles. The van der Waals surface area contributed by atoms with Gasteiger partial charge in [0.05, 0.1) is 26.1 Å². The lowest BCUT2D eigenvalue weighted by molar-refractivity contribution is -0.181. The highest BCUT2D eigenvalue weighted by atomic mass is 16.6. The topological polar surface area (TPSA) is 124 Å². The largest absolute Gasteiger partial charge is 0.481 e. The summed E-state index contributed by atoms with van der Waals surface area (Å²) in [4.78, 5) is 21.3. The van der Waals surface area contributed by atoms with Crippen molar-refractivity contribution in [3.05, 3.63) is 0 Å². The Morgan fingerprint density at radius 1 is 1.31 bits per heavy atom. The molecular formula is C9H16O7. The van der Waals surface area contributed by atoms with E-state index >= 15 is 0 Å². The predicted octanol–water partition coefficient (Wildman–Crippen LogP) is -1.50. The van der Waals surface area contributed by atoms with Crippen molar-refractivity contribution in [2.75, 3.05) is 13.2 Å². The highest BCUT2D eigenvalue weighted by Crippen LogP contribution is 2.16. The Balaban J connectivity index is 4.31. The number of carboxylic acids is 1. The van der Waals surface area contributed by atoms with Gasteiger partial charge in [0.15, 0.2) is 5.60 Å². The number of carboxylic acid groups (broad SMARTS) is 1. The summed E-state index contributed by atoms with van der Waals surface area (Å²) in [5.41, 5.74) is -1.62. The minimum atomic E-state index is -1.62. The van der Waals surface area contributed by atoms with Crippen LogP contribution < -0.4 is 0 Å². The van der Waals surface area contributed by atoms with E-state index in [1.54, 1.807) is 0 Å². The highest BCUT2D eigenvalue weighted by Gasteiger charge is 2.36. The number of ether oxygens (including phenoxy) is 1. The standard InChI is InChI=1S/C9H16O7/c1-9(5-11,6(12)4-10)16-8(15)3-2-7(13)14/h6,10-12H,2-5H2,1H3,(H,13,14)/t6-,9+/m0/s1. The molecule has 0 aromatic heterocycles. The van der Waals surface area contributed by atoms with Crippen LogP contribution >= 0.6 is 0 Å². The molecule has 4 N–H and O–H groups in total. The van der Waals surface area contributed by atoms with Gasteiger partial charge in [0.2, 0.25) is 0 Å². The van der Waals surface area contributed by atoms with E-state index in [1.807, 2.05) is 0 Å². The maximum Gasteiger partial charge on any atom is 0.307 e. The summed E-state index contributed by atoms with van der Waals surface area (Å²) in [7, 11) is 0. The lowest BCUT2D eigenvalue weighted by Gasteiger charge is -2.31. The summed E-state index contributed by atoms with van der Waals surface area (Å²) in [6, 6.07) is 0. The summed E-state index contributed by atoms with van der Waals surface area (Å²) in [6.45, 7) is -0.108. The third-order valence-corrected chi connectivity index (χ3v) is 2.08. The van der Waals surface area contributed by atoms with Crippen LogP contribution in [0.4, 0.5) is 0 Å². The van der Waals surface area contributed by atoms with Gasteiger partial charge in [-0.25, -0.2) is 0 Å². The molecule has 16 heavy (non-hydrogen) atoms. The maximum absolute atomic E-state index is 11.2. The van der Waals surface area contributed by atoms with Crippen molar-refractivity contribution < 1.29 is 34.8 Å². The average molecular weight is 236 g/mol. The second kappa shape index (κ2) is 6.41. The van der Waals surface area contributed by atoms with Crippen LogP contribution in [0.25, 0.3) is 0 Å². The molecule has 94 valence electrons. The maximum atomic E-state index is 11.2. The van der Waals surface area contributed by atoms with E-state index < -0.39 is 43.3 Å². The van der Waals surface area contributed by atoms with E-state index in [9.17, 15) is 14.7 Å². The fraction of sp³-hybridized carbons (Fsp3) is 0.778. The number of hydrogen-bond acceptors (Lipinski definition) is 6. The van der Waals surface area contributed by atoms with Crippen molar-refractivity contribution in [1.82, 2.24) is 0 Å². The Bertz CT molecular complexity index is 252. The van der Waals surface area contributed by atoms with Gasteiger partial charge in [0.25, 0.3) is 0 Å². The third kappa shape index (κ3) is 4.56. The van der Waals surface area contributed by atoms with Crippen LogP contribution in [0.1, 0.15) is 19.8 Å². The molecule has 7 heteroatoms. The van der Waals surface area contributed by atoms with Gasteiger partial charge in [-0.3, -0.25) is 9.59 Å². The Morgan fingerprint density at radius 3 is 2.25 bits per heavy atom. The molecule has 0 unspecified atom stereocenters. The zero-order chi connectivity index (χ0) is 12.8. The van der Waals surface area contributed by atoms with Crippen molar-refractivity contribution in [3.63, 3.8) is 0 Å². The zero-order valence-corrected chi connectivity index (χ0v) is 8.92. The summed E-state index contributed by atoms with van der Waals surface area (Å²) >= 11 is 0. The first-order valence-electron chi connectivity index (χ1n) is 4.69. The second-order valence-corrected chi connectivity index (χ2v) is 3.54. The molecule has 0 saturated heterocycles. The number of aliphatic hydroxyl groups excluding tert-OH is 3. The monoisotopic (exact) mass is 236 g/mol. The number of hydrogen-bond donors (Lipinski definition) is 4. The van der Waals surface area contributed by atoms with Crippen LogP contribution in [0.5, 0.6) is 0 Å². The molecule has 2 atom stereocenters. The summed E-state index contributed by atoms with van der Waals surface area (Å²) in [6.07, 6.45) is -2.18. The molecule has 0 aliphatic carbocycles. The van der Waals surface area contributed by atoms with Gasteiger partial charge in [-0.15, -0.1) is 0 Å². The van der Waals surface area contributed by atoms with Gasteiger partial charge >= 0.3 is 11.9 Å². The number of esters is 1. The molecule has 0 bridgehead atoms. The van der Waals surface area contributed by atoms with Crippen LogP contribution in [0.15, 0.2) is 0 Å². The average Bonchev–Trinajstić information content (AvgIpc) is 2.24. The molecule has 0 amide bonds. The number of rotatable bonds is 7. The molecule has 0 spiro atoms. The van der Waals surface area contributed by atoms with Gasteiger partial charge < -0.3 is 25.2 Å². The predicted molar refractivity (Wildman–Crippen MR) is 51.5 cm³/mol.